The molecule has 0 radical (unpaired) electrons. The number of anilines is 1. The van der Waals surface area contributed by atoms with Gasteiger partial charge in [0.1, 0.15) is 0 Å². The van der Waals surface area contributed by atoms with Crippen molar-refractivity contribution >= 4 is 11.7 Å². The van der Waals surface area contributed by atoms with Crippen molar-refractivity contribution in [3.63, 3.8) is 0 Å². The van der Waals surface area contributed by atoms with Crippen molar-refractivity contribution in [3.8, 4) is 0 Å². The summed E-state index contributed by atoms with van der Waals surface area (Å²) in [6.07, 6.45) is 3.41. The fourth-order valence-corrected chi connectivity index (χ4v) is 1.41. The molecule has 6 nitrogen and oxygen atoms in total. The Morgan fingerprint density at radius 1 is 1.50 bits per heavy atom. The van der Waals surface area contributed by atoms with Crippen LogP contribution in [0, 0.1) is 6.92 Å². The first-order valence-electron chi connectivity index (χ1n) is 5.44. The van der Waals surface area contributed by atoms with E-state index in [2.05, 4.69) is 25.5 Å². The standard InChI is InChI=1S/C12H13N5O/c1-8-6-11(18)15-12(14-8)17-16-9(2)10-4-3-5-13-7-10/h3-7H,1-2H3,(H2,14,15,17,18)/b16-9+. The second-order valence-electron chi connectivity index (χ2n) is 3.79. The van der Waals surface area contributed by atoms with Gasteiger partial charge in [-0.15, -0.1) is 0 Å². The van der Waals surface area contributed by atoms with E-state index in [0.717, 1.165) is 11.3 Å². The second kappa shape index (κ2) is 5.22. The molecule has 2 N–H and O–H groups in total. The maximum Gasteiger partial charge on any atom is 0.252 e. The molecular weight excluding hydrogens is 230 g/mol. The lowest BCUT2D eigenvalue weighted by atomic mass is 10.2. The number of hydrogen-bond donors (Lipinski definition) is 2. The van der Waals surface area contributed by atoms with Crippen molar-refractivity contribution in [2.75, 3.05) is 5.43 Å². The zero-order chi connectivity index (χ0) is 13.0. The van der Waals surface area contributed by atoms with Crippen LogP contribution in [0.1, 0.15) is 18.2 Å². The van der Waals surface area contributed by atoms with E-state index in [9.17, 15) is 4.79 Å². The first-order valence-corrected chi connectivity index (χ1v) is 5.44. The van der Waals surface area contributed by atoms with Crippen LogP contribution in [0.2, 0.25) is 0 Å². The summed E-state index contributed by atoms with van der Waals surface area (Å²) in [5, 5.41) is 4.14. The van der Waals surface area contributed by atoms with Gasteiger partial charge in [0.15, 0.2) is 0 Å². The maximum atomic E-state index is 11.2. The summed E-state index contributed by atoms with van der Waals surface area (Å²) in [4.78, 5) is 21.9. The van der Waals surface area contributed by atoms with Crippen molar-refractivity contribution in [1.82, 2.24) is 15.0 Å². The van der Waals surface area contributed by atoms with E-state index in [1.807, 2.05) is 19.1 Å². The molecule has 92 valence electrons. The minimum Gasteiger partial charge on any atom is -0.291 e. The van der Waals surface area contributed by atoms with E-state index in [4.69, 9.17) is 0 Å². The van der Waals surface area contributed by atoms with Crippen LogP contribution >= 0.6 is 0 Å². The second-order valence-corrected chi connectivity index (χ2v) is 3.79. The third kappa shape index (κ3) is 3.00. The van der Waals surface area contributed by atoms with Crippen LogP contribution in [0.15, 0.2) is 40.5 Å². The Labute approximate surface area is 104 Å². The maximum absolute atomic E-state index is 11.2. The minimum atomic E-state index is -0.209. The van der Waals surface area contributed by atoms with Gasteiger partial charge in [0.2, 0.25) is 5.95 Å². The molecule has 0 saturated carbocycles. The molecule has 2 heterocycles. The van der Waals surface area contributed by atoms with Crippen LogP contribution < -0.4 is 11.0 Å². The van der Waals surface area contributed by atoms with E-state index in [-0.39, 0.29) is 5.56 Å². The molecule has 0 spiro atoms. The summed E-state index contributed by atoms with van der Waals surface area (Å²) in [5.74, 6) is 0.322. The van der Waals surface area contributed by atoms with Gasteiger partial charge in [-0.05, 0) is 19.9 Å². The minimum absolute atomic E-state index is 0.209. The lowest BCUT2D eigenvalue weighted by Gasteiger charge is -2.02. The predicted octanol–water partition coefficient (Wildman–Crippen LogP) is 1.31. The SMILES string of the molecule is C/C(=N\Nc1nc(C)cc(=O)[nH]1)c1cccnc1. The fraction of sp³-hybridized carbons (Fsp3) is 0.167. The smallest absolute Gasteiger partial charge is 0.252 e. The highest BCUT2D eigenvalue weighted by atomic mass is 16.1. The average Bonchev–Trinajstić information content (AvgIpc) is 2.36. The lowest BCUT2D eigenvalue weighted by Crippen LogP contribution is -2.11. The van der Waals surface area contributed by atoms with Gasteiger partial charge in [0, 0.05) is 29.7 Å². The van der Waals surface area contributed by atoms with Gasteiger partial charge in [0.25, 0.3) is 5.56 Å². The Morgan fingerprint density at radius 2 is 2.33 bits per heavy atom. The highest BCUT2D eigenvalue weighted by Gasteiger charge is 1.98. The Hall–Kier alpha value is -2.50. The zero-order valence-electron chi connectivity index (χ0n) is 10.1. The van der Waals surface area contributed by atoms with E-state index >= 15 is 0 Å². The number of hydrazone groups is 1. The normalized spacial score (nSPS) is 11.3. The Balaban J connectivity index is 2.18. The quantitative estimate of drug-likeness (QED) is 0.629. The lowest BCUT2D eigenvalue weighted by molar-refractivity contribution is 1.04. The van der Waals surface area contributed by atoms with Crippen LogP contribution in [0.3, 0.4) is 0 Å². The summed E-state index contributed by atoms with van der Waals surface area (Å²) in [7, 11) is 0. The molecule has 2 aromatic heterocycles. The zero-order valence-corrected chi connectivity index (χ0v) is 10.1. The van der Waals surface area contributed by atoms with E-state index in [1.165, 1.54) is 6.07 Å². The first-order chi connectivity index (χ1) is 8.65. The molecular formula is C12H13N5O. The highest BCUT2D eigenvalue weighted by molar-refractivity contribution is 5.98. The van der Waals surface area contributed by atoms with Crippen LogP contribution in [0.4, 0.5) is 5.95 Å². The molecule has 0 aromatic carbocycles. The molecule has 0 aliphatic carbocycles. The summed E-state index contributed by atoms with van der Waals surface area (Å²) in [6, 6.07) is 5.16. The fourth-order valence-electron chi connectivity index (χ4n) is 1.41. The number of nitrogens with zero attached hydrogens (tertiary/aromatic N) is 3. The van der Waals surface area contributed by atoms with Gasteiger partial charge in [-0.25, -0.2) is 10.4 Å². The summed E-state index contributed by atoms with van der Waals surface area (Å²) < 4.78 is 0. The number of H-pyrrole nitrogens is 1. The van der Waals surface area contributed by atoms with Gasteiger partial charge in [-0.1, -0.05) is 6.07 Å². The molecule has 2 aromatic rings. The number of nitrogens with one attached hydrogen (secondary N) is 2. The average molecular weight is 243 g/mol. The molecule has 0 unspecified atom stereocenters. The molecule has 0 aliphatic rings. The molecule has 0 fully saturated rings. The van der Waals surface area contributed by atoms with E-state index in [0.29, 0.717) is 11.6 Å². The number of aromatic nitrogens is 3. The van der Waals surface area contributed by atoms with Crippen molar-refractivity contribution < 1.29 is 0 Å². The summed E-state index contributed by atoms with van der Waals surface area (Å²) >= 11 is 0. The first kappa shape index (κ1) is 12.0. The number of pyridine rings is 1. The summed E-state index contributed by atoms with van der Waals surface area (Å²) in [5.41, 5.74) is 4.80. The molecule has 2 rings (SSSR count). The van der Waals surface area contributed by atoms with Crippen molar-refractivity contribution in [2.45, 2.75) is 13.8 Å². The molecule has 0 bridgehead atoms. The Morgan fingerprint density at radius 3 is 3.00 bits per heavy atom. The van der Waals surface area contributed by atoms with Gasteiger partial charge >= 0.3 is 0 Å². The monoisotopic (exact) mass is 243 g/mol. The van der Waals surface area contributed by atoms with Crippen LogP contribution in [0.5, 0.6) is 0 Å². The van der Waals surface area contributed by atoms with Crippen LogP contribution in [-0.2, 0) is 0 Å². The molecule has 0 aliphatic heterocycles. The predicted molar refractivity (Wildman–Crippen MR) is 69.7 cm³/mol. The Bertz CT molecular complexity index is 618. The van der Waals surface area contributed by atoms with Crippen LogP contribution in [-0.4, -0.2) is 20.7 Å². The van der Waals surface area contributed by atoms with Crippen molar-refractivity contribution in [1.29, 1.82) is 0 Å². The molecule has 6 heteroatoms. The topological polar surface area (TPSA) is 83.0 Å². The molecule has 18 heavy (non-hydrogen) atoms. The van der Waals surface area contributed by atoms with Gasteiger partial charge in [-0.2, -0.15) is 5.10 Å². The van der Waals surface area contributed by atoms with Crippen molar-refractivity contribution in [3.05, 3.63) is 52.2 Å². The number of aromatic amines is 1. The van der Waals surface area contributed by atoms with Gasteiger partial charge in [0.05, 0.1) is 5.71 Å². The van der Waals surface area contributed by atoms with E-state index in [1.54, 1.807) is 19.3 Å². The number of hydrogen-bond acceptors (Lipinski definition) is 5. The van der Waals surface area contributed by atoms with Gasteiger partial charge in [-0.3, -0.25) is 14.8 Å². The number of aryl methyl sites for hydroxylation is 1. The largest absolute Gasteiger partial charge is 0.291 e. The molecule has 0 saturated heterocycles. The van der Waals surface area contributed by atoms with Crippen LogP contribution in [0.25, 0.3) is 0 Å². The van der Waals surface area contributed by atoms with Crippen molar-refractivity contribution in [2.24, 2.45) is 5.10 Å². The number of rotatable bonds is 3. The Kier molecular flexibility index (Phi) is 3.47. The van der Waals surface area contributed by atoms with Gasteiger partial charge < -0.3 is 0 Å². The summed E-state index contributed by atoms with van der Waals surface area (Å²) in [6.45, 7) is 3.59. The third-order valence-corrected chi connectivity index (χ3v) is 2.28. The molecule has 0 atom stereocenters. The molecule has 0 amide bonds. The highest BCUT2D eigenvalue weighted by Crippen LogP contribution is 2.00. The van der Waals surface area contributed by atoms with E-state index < -0.39 is 0 Å². The third-order valence-electron chi connectivity index (χ3n) is 2.28.